The van der Waals surface area contributed by atoms with E-state index in [1.54, 1.807) is 31.2 Å². The molecular weight excluding hydrogens is 576 g/mol. The Balaban J connectivity index is 2.69. The number of nitrogens with one attached hydrogen (secondary N) is 3. The maximum absolute atomic E-state index is 13.0. The third-order valence-electron chi connectivity index (χ3n) is 6.63. The molecule has 3 amide bonds. The molecule has 1 rings (SSSR count). The molecule has 1 aliphatic rings. The minimum absolute atomic E-state index is 0.0185. The molecule has 0 fully saturated rings. The zero-order valence-corrected chi connectivity index (χ0v) is 27.6. The lowest BCUT2D eigenvalue weighted by atomic mass is 9.86. The molecule has 0 unspecified atom stereocenters. The van der Waals surface area contributed by atoms with Crippen molar-refractivity contribution in [2.45, 2.75) is 85.5 Å². The Morgan fingerprint density at radius 1 is 1.22 bits per heavy atom. The average molecular weight is 627 g/mol. The van der Waals surface area contributed by atoms with Gasteiger partial charge in [-0.25, -0.2) is 9.59 Å². The molecule has 5 N–H and O–H groups in total. The first-order chi connectivity index (χ1) is 21.3. The molecule has 0 aromatic heterocycles. The van der Waals surface area contributed by atoms with Crippen LogP contribution in [-0.4, -0.2) is 62.3 Å². The molecule has 0 saturated heterocycles. The summed E-state index contributed by atoms with van der Waals surface area (Å²) in [7, 11) is 1.44. The Morgan fingerprint density at radius 3 is 2.56 bits per heavy atom. The van der Waals surface area contributed by atoms with Crippen LogP contribution in [-0.2, 0) is 28.6 Å². The normalized spacial score (nSPS) is 17.5. The Bertz CT molecular complexity index is 1210. The average Bonchev–Trinajstić information content (AvgIpc) is 2.98. The minimum Gasteiger partial charge on any atom is -0.490 e. The van der Waals surface area contributed by atoms with Crippen molar-refractivity contribution in [2.75, 3.05) is 20.2 Å². The summed E-state index contributed by atoms with van der Waals surface area (Å²) in [6, 6.07) is -0.817. The first-order valence-electron chi connectivity index (χ1n) is 15.1. The second kappa shape index (κ2) is 20.6. The number of hydrogen-bond donors (Lipinski definition) is 4. The molecule has 4 atom stereocenters. The molecule has 11 nitrogen and oxygen atoms in total. The van der Waals surface area contributed by atoms with Crippen LogP contribution in [0, 0.1) is 23.2 Å². The molecule has 0 saturated carbocycles. The van der Waals surface area contributed by atoms with Gasteiger partial charge in [-0.15, -0.1) is 5.92 Å². The van der Waals surface area contributed by atoms with Crippen LogP contribution in [0.3, 0.4) is 0 Å². The van der Waals surface area contributed by atoms with Crippen LogP contribution >= 0.6 is 0 Å². The highest BCUT2D eigenvalue weighted by Crippen LogP contribution is 2.23. The SMILES string of the molecule is CC#CC[C@@H](C/C=C\NC(=O)[C@@H](NC(=O)\C=C/C=C\C(C)=C\[C@H](C)[C@@H]1CC=C(OC)C(=O)O1)C(C)(C)C)OC(=O)NCCCN. The Morgan fingerprint density at radius 2 is 1.93 bits per heavy atom. The van der Waals surface area contributed by atoms with E-state index >= 15 is 0 Å². The molecular formula is C34H50N4O7. The second-order valence-electron chi connectivity index (χ2n) is 11.6. The molecule has 0 spiro atoms. The largest absolute Gasteiger partial charge is 0.490 e. The van der Waals surface area contributed by atoms with Gasteiger partial charge in [0, 0.05) is 37.8 Å². The Hall–Kier alpha value is -4.30. The van der Waals surface area contributed by atoms with Gasteiger partial charge >= 0.3 is 12.1 Å². The fraction of sp³-hybridized carbons (Fsp3) is 0.529. The molecule has 0 aromatic rings. The van der Waals surface area contributed by atoms with Gasteiger partial charge in [-0.2, -0.15) is 0 Å². The molecule has 0 aromatic carbocycles. The third-order valence-corrected chi connectivity index (χ3v) is 6.63. The van der Waals surface area contributed by atoms with E-state index in [9.17, 15) is 19.2 Å². The number of esters is 1. The van der Waals surface area contributed by atoms with Crippen LogP contribution in [0.25, 0.3) is 0 Å². The van der Waals surface area contributed by atoms with Crippen molar-refractivity contribution in [1.29, 1.82) is 0 Å². The van der Waals surface area contributed by atoms with Gasteiger partial charge < -0.3 is 35.9 Å². The highest BCUT2D eigenvalue weighted by molar-refractivity contribution is 5.93. The molecule has 248 valence electrons. The van der Waals surface area contributed by atoms with Crippen LogP contribution in [0.2, 0.25) is 0 Å². The summed E-state index contributed by atoms with van der Waals surface area (Å²) in [5.41, 5.74) is 5.81. The highest BCUT2D eigenvalue weighted by atomic mass is 16.6. The summed E-state index contributed by atoms with van der Waals surface area (Å²) in [6.45, 7) is 12.0. The van der Waals surface area contributed by atoms with Crippen molar-refractivity contribution in [3.05, 3.63) is 60.1 Å². The number of amides is 3. The van der Waals surface area contributed by atoms with Crippen molar-refractivity contribution in [1.82, 2.24) is 16.0 Å². The van der Waals surface area contributed by atoms with E-state index in [0.29, 0.717) is 38.8 Å². The fourth-order valence-electron chi connectivity index (χ4n) is 4.15. The van der Waals surface area contributed by atoms with Gasteiger partial charge in [-0.3, -0.25) is 9.59 Å². The van der Waals surface area contributed by atoms with E-state index in [2.05, 4.69) is 27.8 Å². The summed E-state index contributed by atoms with van der Waals surface area (Å²) in [6.07, 6.45) is 14.0. The van der Waals surface area contributed by atoms with E-state index in [4.69, 9.17) is 19.9 Å². The van der Waals surface area contributed by atoms with Crippen LogP contribution in [0.5, 0.6) is 0 Å². The molecule has 45 heavy (non-hydrogen) atoms. The minimum atomic E-state index is -0.817. The predicted octanol–water partition coefficient (Wildman–Crippen LogP) is 3.93. The monoisotopic (exact) mass is 626 g/mol. The summed E-state index contributed by atoms with van der Waals surface area (Å²) < 4.78 is 15.9. The number of alkyl carbamates (subject to hydrolysis) is 1. The van der Waals surface area contributed by atoms with Gasteiger partial charge in [0.2, 0.25) is 11.8 Å². The topological polar surface area (TPSA) is 158 Å². The summed E-state index contributed by atoms with van der Waals surface area (Å²) >= 11 is 0. The van der Waals surface area contributed by atoms with Crippen LogP contribution in [0.1, 0.15) is 67.2 Å². The van der Waals surface area contributed by atoms with Crippen molar-refractivity contribution in [3.8, 4) is 11.8 Å². The van der Waals surface area contributed by atoms with Gasteiger partial charge in [-0.1, -0.05) is 69.6 Å². The van der Waals surface area contributed by atoms with Crippen molar-refractivity contribution in [2.24, 2.45) is 17.1 Å². The van der Waals surface area contributed by atoms with Crippen molar-refractivity contribution >= 4 is 23.9 Å². The van der Waals surface area contributed by atoms with Gasteiger partial charge in [0.05, 0.1) is 7.11 Å². The van der Waals surface area contributed by atoms with Crippen molar-refractivity contribution < 1.29 is 33.4 Å². The molecule has 0 aliphatic carbocycles. The maximum atomic E-state index is 13.0. The highest BCUT2D eigenvalue weighted by Gasteiger charge is 2.32. The van der Waals surface area contributed by atoms with E-state index < -0.39 is 35.5 Å². The third kappa shape index (κ3) is 15.8. The Labute approximate surface area is 267 Å². The number of nitrogens with two attached hydrogens (primary N) is 1. The number of methoxy groups -OCH3 is 1. The van der Waals surface area contributed by atoms with Gasteiger partial charge in [0.15, 0.2) is 5.76 Å². The number of carbonyl (C=O) groups is 4. The first-order valence-corrected chi connectivity index (χ1v) is 15.1. The first kappa shape index (κ1) is 38.7. The van der Waals surface area contributed by atoms with E-state index in [1.165, 1.54) is 19.4 Å². The molecule has 1 aliphatic heterocycles. The Kier molecular flexibility index (Phi) is 17.7. The lowest BCUT2D eigenvalue weighted by Crippen LogP contribution is -2.52. The van der Waals surface area contributed by atoms with Crippen LogP contribution in [0.15, 0.2) is 60.1 Å². The fourth-order valence-corrected chi connectivity index (χ4v) is 4.15. The number of rotatable bonds is 16. The maximum Gasteiger partial charge on any atom is 0.407 e. The summed E-state index contributed by atoms with van der Waals surface area (Å²) in [5.74, 6) is 4.62. The lowest BCUT2D eigenvalue weighted by Gasteiger charge is -2.29. The van der Waals surface area contributed by atoms with Crippen LogP contribution in [0.4, 0.5) is 4.79 Å². The lowest BCUT2D eigenvalue weighted by molar-refractivity contribution is -0.151. The predicted molar refractivity (Wildman–Crippen MR) is 174 cm³/mol. The van der Waals surface area contributed by atoms with Crippen LogP contribution < -0.4 is 21.7 Å². The van der Waals surface area contributed by atoms with Gasteiger partial charge in [-0.05, 0) is 44.5 Å². The van der Waals surface area contributed by atoms with Gasteiger partial charge in [0.1, 0.15) is 18.2 Å². The standard InChI is InChI=1S/C34H50N4O7/c1-8-9-15-26(44-33(42)37-22-13-20-35)16-12-21-36-31(40)30(34(4,5)6)38-29(39)17-11-10-14-24(2)23-25(3)27-18-19-28(43-7)32(41)45-27/h10-12,14,17,19,21,23,25-27,30H,13,15-16,18,20,22,35H2,1-7H3,(H,36,40)(H,37,42)(H,38,39)/b14-10-,17-11-,21-12-,24-23+/t25-,26-,27-,30+/m0/s1. The number of hydrogen-bond acceptors (Lipinski definition) is 8. The summed E-state index contributed by atoms with van der Waals surface area (Å²) in [4.78, 5) is 49.6. The molecule has 0 bridgehead atoms. The van der Waals surface area contributed by atoms with E-state index in [0.717, 1.165) is 5.57 Å². The van der Waals surface area contributed by atoms with Crippen molar-refractivity contribution in [3.63, 3.8) is 0 Å². The molecule has 0 radical (unpaired) electrons. The zero-order valence-electron chi connectivity index (χ0n) is 27.6. The zero-order chi connectivity index (χ0) is 33.8. The second-order valence-corrected chi connectivity index (χ2v) is 11.6. The molecule has 11 heteroatoms. The van der Waals surface area contributed by atoms with E-state index in [1.807, 2.05) is 46.8 Å². The number of cyclic esters (lactones) is 1. The van der Waals surface area contributed by atoms with E-state index in [-0.39, 0.29) is 23.7 Å². The summed E-state index contributed by atoms with van der Waals surface area (Å²) in [5, 5.41) is 8.12. The number of ether oxygens (including phenoxy) is 3. The molecule has 1 heterocycles. The smallest absolute Gasteiger partial charge is 0.407 e. The quantitative estimate of drug-likeness (QED) is 0.0660. The number of allylic oxidation sites excluding steroid dienone is 4. The van der Waals surface area contributed by atoms with Gasteiger partial charge in [0.25, 0.3) is 0 Å². The number of carbonyl (C=O) groups excluding carboxylic acids is 4.